The van der Waals surface area contributed by atoms with Crippen LogP contribution in [0.3, 0.4) is 0 Å². The predicted octanol–water partition coefficient (Wildman–Crippen LogP) is 3.45. The SMILES string of the molecule is CC(C)C(Nc1cncc(-c2c[nH]c3ncc(O)cc23)c1)C(=O)NCC(F)(F)F. The summed E-state index contributed by atoms with van der Waals surface area (Å²) in [5.74, 6) is -0.994. The molecular formula is C19H20F3N5O2. The lowest BCUT2D eigenvalue weighted by Gasteiger charge is -2.23. The van der Waals surface area contributed by atoms with E-state index >= 15 is 0 Å². The molecule has 0 aliphatic carbocycles. The van der Waals surface area contributed by atoms with Gasteiger partial charge in [0.15, 0.2) is 0 Å². The van der Waals surface area contributed by atoms with Crippen LogP contribution in [0.2, 0.25) is 0 Å². The number of anilines is 1. The summed E-state index contributed by atoms with van der Waals surface area (Å²) in [6.07, 6.45) is 1.65. The molecule has 0 radical (unpaired) electrons. The van der Waals surface area contributed by atoms with Crippen LogP contribution in [0.15, 0.2) is 36.9 Å². The minimum absolute atomic E-state index is 0.0156. The molecule has 3 aromatic rings. The summed E-state index contributed by atoms with van der Waals surface area (Å²) in [6, 6.07) is 2.42. The Labute approximate surface area is 164 Å². The average molecular weight is 407 g/mol. The molecule has 0 aliphatic rings. The molecule has 0 fully saturated rings. The quantitative estimate of drug-likeness (QED) is 0.501. The van der Waals surface area contributed by atoms with Gasteiger partial charge in [0, 0.05) is 35.1 Å². The Morgan fingerprint density at radius 2 is 2.00 bits per heavy atom. The van der Waals surface area contributed by atoms with Crippen molar-refractivity contribution in [2.45, 2.75) is 26.1 Å². The average Bonchev–Trinajstić information content (AvgIpc) is 3.06. The summed E-state index contributed by atoms with van der Waals surface area (Å²) in [4.78, 5) is 23.5. The number of fused-ring (bicyclic) bond motifs is 1. The van der Waals surface area contributed by atoms with Gasteiger partial charge in [-0.25, -0.2) is 4.98 Å². The molecule has 0 aliphatic heterocycles. The highest BCUT2D eigenvalue weighted by Crippen LogP contribution is 2.30. The molecule has 3 aromatic heterocycles. The van der Waals surface area contributed by atoms with Crippen molar-refractivity contribution in [2.24, 2.45) is 5.92 Å². The summed E-state index contributed by atoms with van der Waals surface area (Å²) >= 11 is 0. The van der Waals surface area contributed by atoms with Crippen LogP contribution >= 0.6 is 0 Å². The first-order valence-electron chi connectivity index (χ1n) is 8.86. The van der Waals surface area contributed by atoms with Crippen molar-refractivity contribution in [1.29, 1.82) is 0 Å². The molecule has 29 heavy (non-hydrogen) atoms. The lowest BCUT2D eigenvalue weighted by Crippen LogP contribution is -2.46. The molecule has 3 rings (SSSR count). The molecule has 1 unspecified atom stereocenters. The smallest absolute Gasteiger partial charge is 0.405 e. The standard InChI is InChI=1S/C19H20F3N5O2/c1-10(2)16(18(29)26-9-19(20,21)22)27-12-3-11(5-23-6-12)15-8-25-17-14(15)4-13(28)7-24-17/h3-8,10,16,27-28H,9H2,1-2H3,(H,24,25)(H,26,29). The Morgan fingerprint density at radius 1 is 1.24 bits per heavy atom. The van der Waals surface area contributed by atoms with E-state index in [-0.39, 0.29) is 11.7 Å². The second kappa shape index (κ2) is 7.98. The molecule has 0 saturated carbocycles. The number of pyridine rings is 2. The molecule has 10 heteroatoms. The Morgan fingerprint density at radius 3 is 2.69 bits per heavy atom. The van der Waals surface area contributed by atoms with Gasteiger partial charge in [-0.15, -0.1) is 0 Å². The second-order valence-electron chi connectivity index (χ2n) is 6.95. The van der Waals surface area contributed by atoms with Crippen molar-refractivity contribution < 1.29 is 23.1 Å². The fourth-order valence-corrected chi connectivity index (χ4v) is 2.91. The van der Waals surface area contributed by atoms with Gasteiger partial charge >= 0.3 is 6.18 Å². The zero-order valence-corrected chi connectivity index (χ0v) is 15.7. The van der Waals surface area contributed by atoms with Crippen LogP contribution in [-0.2, 0) is 4.79 Å². The van der Waals surface area contributed by atoms with E-state index < -0.39 is 24.7 Å². The Bertz CT molecular complexity index is 1020. The molecule has 0 spiro atoms. The minimum Gasteiger partial charge on any atom is -0.506 e. The van der Waals surface area contributed by atoms with Crippen molar-refractivity contribution in [3.63, 3.8) is 0 Å². The molecule has 7 nitrogen and oxygen atoms in total. The number of carbonyl (C=O) groups is 1. The summed E-state index contributed by atoms with van der Waals surface area (Å²) < 4.78 is 37.2. The Balaban J connectivity index is 1.84. The van der Waals surface area contributed by atoms with Gasteiger partial charge in [-0.2, -0.15) is 13.2 Å². The predicted molar refractivity (Wildman–Crippen MR) is 102 cm³/mol. The van der Waals surface area contributed by atoms with Gasteiger partial charge < -0.3 is 20.7 Å². The highest BCUT2D eigenvalue weighted by atomic mass is 19.4. The number of amides is 1. The van der Waals surface area contributed by atoms with Gasteiger partial charge in [-0.05, 0) is 18.1 Å². The molecule has 1 amide bonds. The molecule has 0 bridgehead atoms. The number of nitrogens with one attached hydrogen (secondary N) is 3. The van der Waals surface area contributed by atoms with Gasteiger partial charge in [0.2, 0.25) is 5.91 Å². The number of aromatic hydroxyl groups is 1. The molecule has 4 N–H and O–H groups in total. The fourth-order valence-electron chi connectivity index (χ4n) is 2.91. The van der Waals surface area contributed by atoms with Crippen LogP contribution < -0.4 is 10.6 Å². The van der Waals surface area contributed by atoms with Crippen molar-refractivity contribution in [2.75, 3.05) is 11.9 Å². The second-order valence-corrected chi connectivity index (χ2v) is 6.95. The lowest BCUT2D eigenvalue weighted by molar-refractivity contribution is -0.139. The van der Waals surface area contributed by atoms with E-state index in [1.165, 1.54) is 12.4 Å². The largest absolute Gasteiger partial charge is 0.506 e. The van der Waals surface area contributed by atoms with Gasteiger partial charge in [0.05, 0.1) is 11.9 Å². The van der Waals surface area contributed by atoms with Crippen molar-refractivity contribution in [3.05, 3.63) is 36.9 Å². The van der Waals surface area contributed by atoms with Crippen LogP contribution in [0, 0.1) is 5.92 Å². The van der Waals surface area contributed by atoms with Crippen LogP contribution in [0.4, 0.5) is 18.9 Å². The van der Waals surface area contributed by atoms with E-state index in [9.17, 15) is 23.1 Å². The van der Waals surface area contributed by atoms with E-state index in [0.29, 0.717) is 22.3 Å². The number of carbonyl (C=O) groups excluding carboxylic acids is 1. The zero-order valence-electron chi connectivity index (χ0n) is 15.7. The third-order valence-electron chi connectivity index (χ3n) is 4.30. The van der Waals surface area contributed by atoms with E-state index in [1.807, 2.05) is 5.32 Å². The number of H-pyrrole nitrogens is 1. The molecule has 0 saturated heterocycles. The van der Waals surface area contributed by atoms with E-state index in [4.69, 9.17) is 0 Å². The van der Waals surface area contributed by atoms with Gasteiger partial charge in [-0.1, -0.05) is 13.8 Å². The Hall–Kier alpha value is -3.30. The third kappa shape index (κ3) is 4.95. The van der Waals surface area contributed by atoms with Crippen molar-refractivity contribution >= 4 is 22.6 Å². The van der Waals surface area contributed by atoms with Crippen LogP contribution in [0.5, 0.6) is 5.75 Å². The number of aromatic nitrogens is 3. The maximum Gasteiger partial charge on any atom is 0.405 e. The number of nitrogens with zero attached hydrogens (tertiary/aromatic N) is 2. The van der Waals surface area contributed by atoms with Gasteiger partial charge in [-0.3, -0.25) is 9.78 Å². The van der Waals surface area contributed by atoms with Crippen molar-refractivity contribution in [1.82, 2.24) is 20.3 Å². The summed E-state index contributed by atoms with van der Waals surface area (Å²) in [5, 5.41) is 15.2. The number of aromatic amines is 1. The summed E-state index contributed by atoms with van der Waals surface area (Å²) in [5.41, 5.74) is 2.49. The van der Waals surface area contributed by atoms with Crippen LogP contribution in [-0.4, -0.2) is 44.7 Å². The van der Waals surface area contributed by atoms with Crippen LogP contribution in [0.25, 0.3) is 22.2 Å². The molecule has 1 atom stereocenters. The molecular weight excluding hydrogens is 387 g/mol. The first-order chi connectivity index (χ1) is 13.6. The molecule has 0 aromatic carbocycles. The van der Waals surface area contributed by atoms with Crippen molar-refractivity contribution in [3.8, 4) is 16.9 Å². The topological polar surface area (TPSA) is 103 Å². The highest BCUT2D eigenvalue weighted by molar-refractivity contribution is 5.94. The first-order valence-corrected chi connectivity index (χ1v) is 8.86. The Kier molecular flexibility index (Phi) is 5.62. The highest BCUT2D eigenvalue weighted by Gasteiger charge is 2.30. The van der Waals surface area contributed by atoms with Gasteiger partial charge in [0.25, 0.3) is 0 Å². The lowest BCUT2D eigenvalue weighted by atomic mass is 10.0. The number of rotatable bonds is 6. The summed E-state index contributed by atoms with van der Waals surface area (Å²) in [6.45, 7) is 2.08. The van der Waals surface area contributed by atoms with Gasteiger partial charge in [0.1, 0.15) is 24.0 Å². The third-order valence-corrected chi connectivity index (χ3v) is 4.30. The monoisotopic (exact) mass is 407 g/mol. The van der Waals surface area contributed by atoms with E-state index in [2.05, 4.69) is 20.3 Å². The number of hydrogen-bond donors (Lipinski definition) is 4. The number of alkyl halides is 3. The normalized spacial score (nSPS) is 12.9. The molecule has 154 valence electrons. The van der Waals surface area contributed by atoms with Crippen LogP contribution in [0.1, 0.15) is 13.8 Å². The number of halogens is 3. The maximum absolute atomic E-state index is 12.4. The first kappa shape index (κ1) is 20.4. The molecule has 3 heterocycles. The minimum atomic E-state index is -4.48. The van der Waals surface area contributed by atoms with E-state index in [0.717, 1.165) is 5.56 Å². The number of hydrogen-bond acceptors (Lipinski definition) is 5. The maximum atomic E-state index is 12.4. The summed E-state index contributed by atoms with van der Waals surface area (Å²) in [7, 11) is 0. The fraction of sp³-hybridized carbons (Fsp3) is 0.316. The zero-order chi connectivity index (χ0) is 21.2. The van der Waals surface area contributed by atoms with E-state index in [1.54, 1.807) is 38.4 Å².